The molecule has 1 heteroatoms. The zero-order valence-corrected chi connectivity index (χ0v) is 11.9. The third-order valence-electron chi connectivity index (χ3n) is 4.46. The van der Waals surface area contributed by atoms with Crippen molar-refractivity contribution >= 4 is 0 Å². The van der Waals surface area contributed by atoms with Gasteiger partial charge in [0.2, 0.25) is 0 Å². The summed E-state index contributed by atoms with van der Waals surface area (Å²) in [6, 6.07) is 11.6. The van der Waals surface area contributed by atoms with E-state index in [0.29, 0.717) is 12.0 Å². The summed E-state index contributed by atoms with van der Waals surface area (Å²) in [7, 11) is 0. The lowest BCUT2D eigenvalue weighted by molar-refractivity contribution is 0.357. The predicted molar refractivity (Wildman–Crippen MR) is 78.9 cm³/mol. The molecule has 0 spiro atoms. The average molecular weight is 245 g/mol. The molecule has 1 aromatic carbocycles. The minimum absolute atomic E-state index is 0.617. The highest BCUT2D eigenvalue weighted by atomic mass is 14.9. The van der Waals surface area contributed by atoms with Gasteiger partial charge in [0, 0.05) is 6.04 Å². The standard InChI is InChI=1S/C17H27N/c1-3-18-17(13-15-9-7-8-10-15)14(2)16-11-5-4-6-12-16/h4-6,11-12,14-15,17-18H,3,7-10,13H2,1-2H3. The van der Waals surface area contributed by atoms with Crippen LogP contribution in [0, 0.1) is 5.92 Å². The minimum Gasteiger partial charge on any atom is -0.314 e. The van der Waals surface area contributed by atoms with Crippen LogP contribution in [0.5, 0.6) is 0 Å². The summed E-state index contributed by atoms with van der Waals surface area (Å²) in [5.74, 6) is 1.58. The highest BCUT2D eigenvalue weighted by molar-refractivity contribution is 5.20. The highest BCUT2D eigenvalue weighted by Gasteiger charge is 2.24. The summed E-state index contributed by atoms with van der Waals surface area (Å²) in [6.07, 6.45) is 7.14. The Bertz CT molecular complexity index is 327. The van der Waals surface area contributed by atoms with Crippen LogP contribution in [0.25, 0.3) is 0 Å². The Hall–Kier alpha value is -0.820. The van der Waals surface area contributed by atoms with Gasteiger partial charge in [-0.25, -0.2) is 0 Å². The Labute approximate surface area is 112 Å². The average Bonchev–Trinajstić information content (AvgIpc) is 2.91. The van der Waals surface area contributed by atoms with E-state index in [2.05, 4.69) is 49.5 Å². The molecule has 0 aromatic heterocycles. The summed E-state index contributed by atoms with van der Waals surface area (Å²) in [6.45, 7) is 5.67. The normalized spacial score (nSPS) is 19.9. The van der Waals surface area contributed by atoms with Crippen LogP contribution >= 0.6 is 0 Å². The molecule has 1 aliphatic carbocycles. The van der Waals surface area contributed by atoms with Crippen LogP contribution in [0.3, 0.4) is 0 Å². The van der Waals surface area contributed by atoms with Gasteiger partial charge in [-0.15, -0.1) is 0 Å². The maximum absolute atomic E-state index is 3.71. The number of hydrogen-bond donors (Lipinski definition) is 1. The molecular formula is C17H27N. The second-order valence-corrected chi connectivity index (χ2v) is 5.75. The fraction of sp³-hybridized carbons (Fsp3) is 0.647. The molecule has 0 bridgehead atoms. The van der Waals surface area contributed by atoms with Gasteiger partial charge in [-0.05, 0) is 30.4 Å². The number of rotatable bonds is 6. The van der Waals surface area contributed by atoms with E-state index in [-0.39, 0.29) is 0 Å². The number of likely N-dealkylation sites (N-methyl/N-ethyl adjacent to an activating group) is 1. The summed E-state index contributed by atoms with van der Waals surface area (Å²) >= 11 is 0. The fourth-order valence-corrected chi connectivity index (χ4v) is 3.32. The van der Waals surface area contributed by atoms with Crippen LogP contribution in [0.4, 0.5) is 0 Å². The van der Waals surface area contributed by atoms with Crippen molar-refractivity contribution in [2.24, 2.45) is 5.92 Å². The molecule has 2 rings (SSSR count). The highest BCUT2D eigenvalue weighted by Crippen LogP contribution is 2.32. The molecule has 1 N–H and O–H groups in total. The van der Waals surface area contributed by atoms with E-state index >= 15 is 0 Å². The SMILES string of the molecule is CCNC(CC1CCCC1)C(C)c1ccccc1. The van der Waals surface area contributed by atoms with E-state index in [1.165, 1.54) is 37.7 Å². The topological polar surface area (TPSA) is 12.0 Å². The van der Waals surface area contributed by atoms with Crippen LogP contribution in [-0.2, 0) is 0 Å². The van der Waals surface area contributed by atoms with Gasteiger partial charge in [-0.3, -0.25) is 0 Å². The molecule has 0 amide bonds. The zero-order valence-electron chi connectivity index (χ0n) is 11.9. The van der Waals surface area contributed by atoms with Crippen molar-refractivity contribution in [3.05, 3.63) is 35.9 Å². The van der Waals surface area contributed by atoms with Crippen LogP contribution in [-0.4, -0.2) is 12.6 Å². The Morgan fingerprint density at radius 2 is 1.83 bits per heavy atom. The Morgan fingerprint density at radius 1 is 1.17 bits per heavy atom. The molecule has 18 heavy (non-hydrogen) atoms. The quantitative estimate of drug-likeness (QED) is 0.785. The maximum Gasteiger partial charge on any atom is 0.0136 e. The molecule has 1 aromatic rings. The molecular weight excluding hydrogens is 218 g/mol. The van der Waals surface area contributed by atoms with Gasteiger partial charge in [0.15, 0.2) is 0 Å². The smallest absolute Gasteiger partial charge is 0.0136 e. The zero-order chi connectivity index (χ0) is 12.8. The second-order valence-electron chi connectivity index (χ2n) is 5.75. The number of benzene rings is 1. The van der Waals surface area contributed by atoms with Crippen LogP contribution in [0.15, 0.2) is 30.3 Å². The molecule has 2 unspecified atom stereocenters. The molecule has 1 fully saturated rings. The van der Waals surface area contributed by atoms with E-state index in [0.717, 1.165) is 12.5 Å². The molecule has 1 nitrogen and oxygen atoms in total. The summed E-state index contributed by atoms with van der Waals surface area (Å²) in [5.41, 5.74) is 1.47. The van der Waals surface area contributed by atoms with Gasteiger partial charge in [0.25, 0.3) is 0 Å². The molecule has 1 aliphatic rings. The van der Waals surface area contributed by atoms with E-state index in [9.17, 15) is 0 Å². The number of nitrogens with one attached hydrogen (secondary N) is 1. The lowest BCUT2D eigenvalue weighted by atomic mass is 9.86. The lowest BCUT2D eigenvalue weighted by Gasteiger charge is -2.27. The summed E-state index contributed by atoms with van der Waals surface area (Å²) in [4.78, 5) is 0. The maximum atomic E-state index is 3.71. The molecule has 0 radical (unpaired) electrons. The van der Waals surface area contributed by atoms with Crippen LogP contribution in [0.2, 0.25) is 0 Å². The van der Waals surface area contributed by atoms with Gasteiger partial charge in [-0.1, -0.05) is 69.9 Å². The monoisotopic (exact) mass is 245 g/mol. The first-order valence-electron chi connectivity index (χ1n) is 7.59. The first-order valence-corrected chi connectivity index (χ1v) is 7.59. The third-order valence-corrected chi connectivity index (χ3v) is 4.46. The van der Waals surface area contributed by atoms with Crippen molar-refractivity contribution in [2.75, 3.05) is 6.54 Å². The Morgan fingerprint density at radius 3 is 2.44 bits per heavy atom. The van der Waals surface area contributed by atoms with Crippen LogP contribution < -0.4 is 5.32 Å². The van der Waals surface area contributed by atoms with E-state index in [1.54, 1.807) is 0 Å². The van der Waals surface area contributed by atoms with Gasteiger partial charge < -0.3 is 5.32 Å². The van der Waals surface area contributed by atoms with Gasteiger partial charge in [0.05, 0.1) is 0 Å². The van der Waals surface area contributed by atoms with Crippen molar-refractivity contribution in [2.45, 2.75) is 57.9 Å². The molecule has 100 valence electrons. The largest absolute Gasteiger partial charge is 0.314 e. The molecule has 0 heterocycles. The van der Waals surface area contributed by atoms with Gasteiger partial charge in [0.1, 0.15) is 0 Å². The molecule has 0 aliphatic heterocycles. The summed E-state index contributed by atoms with van der Waals surface area (Å²) in [5, 5.41) is 3.71. The molecule has 2 atom stereocenters. The van der Waals surface area contributed by atoms with E-state index in [4.69, 9.17) is 0 Å². The third kappa shape index (κ3) is 3.58. The number of hydrogen-bond acceptors (Lipinski definition) is 1. The van der Waals surface area contributed by atoms with Crippen LogP contribution in [0.1, 0.15) is 57.4 Å². The van der Waals surface area contributed by atoms with Gasteiger partial charge in [-0.2, -0.15) is 0 Å². The van der Waals surface area contributed by atoms with Gasteiger partial charge >= 0.3 is 0 Å². The second kappa shape index (κ2) is 6.94. The fourth-order valence-electron chi connectivity index (χ4n) is 3.32. The Kier molecular flexibility index (Phi) is 5.25. The van der Waals surface area contributed by atoms with E-state index < -0.39 is 0 Å². The first kappa shape index (κ1) is 13.6. The van der Waals surface area contributed by atoms with Crippen molar-refractivity contribution in [3.63, 3.8) is 0 Å². The first-order chi connectivity index (χ1) is 8.81. The lowest BCUT2D eigenvalue weighted by Crippen LogP contribution is -2.35. The van der Waals surface area contributed by atoms with Crippen molar-refractivity contribution in [1.29, 1.82) is 0 Å². The van der Waals surface area contributed by atoms with Crippen molar-refractivity contribution < 1.29 is 0 Å². The minimum atomic E-state index is 0.617. The summed E-state index contributed by atoms with van der Waals surface area (Å²) < 4.78 is 0. The van der Waals surface area contributed by atoms with Crippen molar-refractivity contribution in [3.8, 4) is 0 Å². The Balaban J connectivity index is 1.99. The predicted octanol–water partition coefficient (Wildman–Crippen LogP) is 4.35. The van der Waals surface area contributed by atoms with Crippen molar-refractivity contribution in [1.82, 2.24) is 5.32 Å². The molecule has 0 saturated heterocycles. The molecule has 1 saturated carbocycles. The van der Waals surface area contributed by atoms with E-state index in [1.807, 2.05) is 0 Å².